The number of rotatable bonds is 5. The average molecular weight is 353 g/mol. The molecule has 5 nitrogen and oxygen atoms in total. The lowest BCUT2D eigenvalue weighted by atomic mass is 10.1. The fourth-order valence-corrected chi connectivity index (χ4v) is 2.79. The lowest BCUT2D eigenvalue weighted by Gasteiger charge is -2.36. The van der Waals surface area contributed by atoms with E-state index < -0.39 is 13.9 Å². The Morgan fingerprint density at radius 1 is 1.21 bits per heavy atom. The molecular formula is C18H32N2O3Si. The van der Waals surface area contributed by atoms with E-state index in [4.69, 9.17) is 9.16 Å². The quantitative estimate of drug-likeness (QED) is 0.620. The summed E-state index contributed by atoms with van der Waals surface area (Å²) < 4.78 is 11.8. The minimum Gasteiger partial charge on any atom is -0.456 e. The molecule has 0 radical (unpaired) electrons. The number of nitrogens with zero attached hydrogens (tertiary/aromatic N) is 1. The maximum absolute atomic E-state index is 12.6. The number of nitrogens with one attached hydrogen (secondary N) is 1. The molecule has 0 amide bonds. The van der Waals surface area contributed by atoms with Crippen LogP contribution in [0.2, 0.25) is 18.1 Å². The van der Waals surface area contributed by atoms with Crippen LogP contribution in [0, 0.1) is 0 Å². The molecule has 24 heavy (non-hydrogen) atoms. The molecule has 1 heterocycles. The third-order valence-electron chi connectivity index (χ3n) is 4.27. The van der Waals surface area contributed by atoms with E-state index in [0.29, 0.717) is 18.0 Å². The van der Waals surface area contributed by atoms with E-state index in [2.05, 4.69) is 44.2 Å². The van der Waals surface area contributed by atoms with Gasteiger partial charge in [0.05, 0.1) is 6.61 Å². The standard InChI is InChI=1S/C18H32N2O3Si/c1-17(2,3)23-16(21)14-13(10-11-20-15(14)19-7)12-22-24(8,9)18(4,5)6/h10-11H,12H2,1-9H3,(H,19,20). The minimum atomic E-state index is -1.91. The van der Waals surface area contributed by atoms with Gasteiger partial charge in [0, 0.05) is 13.2 Å². The summed E-state index contributed by atoms with van der Waals surface area (Å²) in [6, 6.07) is 1.83. The first-order chi connectivity index (χ1) is 10.8. The maximum atomic E-state index is 12.6. The Morgan fingerprint density at radius 3 is 2.25 bits per heavy atom. The molecular weight excluding hydrogens is 320 g/mol. The van der Waals surface area contributed by atoms with Gasteiger partial charge in [0.1, 0.15) is 17.0 Å². The van der Waals surface area contributed by atoms with Crippen LogP contribution in [0.3, 0.4) is 0 Å². The van der Waals surface area contributed by atoms with Crippen LogP contribution in [0.1, 0.15) is 57.5 Å². The summed E-state index contributed by atoms with van der Waals surface area (Å²) in [7, 11) is -0.168. The number of carbonyl (C=O) groups excluding carboxylic acids is 1. The number of hydrogen-bond donors (Lipinski definition) is 1. The Bertz CT molecular complexity index is 587. The van der Waals surface area contributed by atoms with E-state index in [-0.39, 0.29) is 11.0 Å². The maximum Gasteiger partial charge on any atom is 0.342 e. The SMILES string of the molecule is CNc1nccc(CO[Si](C)(C)C(C)(C)C)c1C(=O)OC(C)(C)C. The van der Waals surface area contributed by atoms with Crippen molar-refractivity contribution in [1.29, 1.82) is 0 Å². The number of pyridine rings is 1. The molecule has 1 N–H and O–H groups in total. The van der Waals surface area contributed by atoms with Gasteiger partial charge in [0.2, 0.25) is 0 Å². The van der Waals surface area contributed by atoms with Gasteiger partial charge in [0.15, 0.2) is 8.32 Å². The molecule has 0 unspecified atom stereocenters. The Morgan fingerprint density at radius 2 is 1.79 bits per heavy atom. The van der Waals surface area contributed by atoms with E-state index in [9.17, 15) is 4.79 Å². The molecule has 0 atom stereocenters. The molecule has 136 valence electrons. The van der Waals surface area contributed by atoms with Gasteiger partial charge in [-0.05, 0) is 50.5 Å². The van der Waals surface area contributed by atoms with Crippen LogP contribution in [0.15, 0.2) is 12.3 Å². The van der Waals surface area contributed by atoms with Crippen molar-refractivity contribution in [3.05, 3.63) is 23.4 Å². The fourth-order valence-electron chi connectivity index (χ4n) is 1.84. The molecule has 0 aliphatic heterocycles. The summed E-state index contributed by atoms with van der Waals surface area (Å²) in [5, 5.41) is 3.08. The molecule has 0 aliphatic rings. The van der Waals surface area contributed by atoms with Crippen molar-refractivity contribution >= 4 is 20.1 Å². The Kier molecular flexibility index (Phi) is 6.22. The van der Waals surface area contributed by atoms with E-state index in [1.54, 1.807) is 13.2 Å². The van der Waals surface area contributed by atoms with Crippen LogP contribution in [-0.4, -0.2) is 31.9 Å². The van der Waals surface area contributed by atoms with Crippen LogP contribution < -0.4 is 5.32 Å². The first-order valence-electron chi connectivity index (χ1n) is 8.31. The molecule has 0 spiro atoms. The van der Waals surface area contributed by atoms with Crippen LogP contribution in [0.4, 0.5) is 5.82 Å². The Labute approximate surface area is 147 Å². The van der Waals surface area contributed by atoms with Crippen LogP contribution in [0.5, 0.6) is 0 Å². The summed E-state index contributed by atoms with van der Waals surface area (Å²) in [5.74, 6) is 0.134. The topological polar surface area (TPSA) is 60.5 Å². The molecule has 0 fully saturated rings. The summed E-state index contributed by atoms with van der Waals surface area (Å²) >= 11 is 0. The first kappa shape index (κ1) is 20.6. The fraction of sp³-hybridized carbons (Fsp3) is 0.667. The highest BCUT2D eigenvalue weighted by atomic mass is 28.4. The van der Waals surface area contributed by atoms with Gasteiger partial charge in [-0.1, -0.05) is 20.8 Å². The molecule has 0 saturated carbocycles. The zero-order valence-corrected chi connectivity index (χ0v) is 17.5. The average Bonchev–Trinajstić information content (AvgIpc) is 2.41. The molecule has 0 aliphatic carbocycles. The van der Waals surface area contributed by atoms with Crippen LogP contribution in [0.25, 0.3) is 0 Å². The van der Waals surface area contributed by atoms with Crippen molar-refractivity contribution in [3.63, 3.8) is 0 Å². The smallest absolute Gasteiger partial charge is 0.342 e. The summed E-state index contributed by atoms with van der Waals surface area (Å²) in [5.41, 5.74) is 0.692. The molecule has 1 aromatic heterocycles. The first-order valence-corrected chi connectivity index (χ1v) is 11.2. The second kappa shape index (κ2) is 7.23. The predicted octanol–water partition coefficient (Wildman–Crippen LogP) is 4.60. The largest absolute Gasteiger partial charge is 0.456 e. The second-order valence-corrected chi connectivity index (χ2v) is 13.3. The van der Waals surface area contributed by atoms with Crippen LogP contribution >= 0.6 is 0 Å². The second-order valence-electron chi connectivity index (χ2n) is 8.49. The molecule has 6 heteroatoms. The molecule has 0 aromatic carbocycles. The number of hydrogen-bond acceptors (Lipinski definition) is 5. The zero-order chi connectivity index (χ0) is 18.8. The lowest BCUT2D eigenvalue weighted by Crippen LogP contribution is -2.40. The van der Waals surface area contributed by atoms with Crippen molar-refractivity contribution < 1.29 is 14.0 Å². The lowest BCUT2D eigenvalue weighted by molar-refractivity contribution is 0.00676. The highest BCUT2D eigenvalue weighted by Crippen LogP contribution is 2.37. The molecule has 1 rings (SSSR count). The van der Waals surface area contributed by atoms with Crippen molar-refractivity contribution in [3.8, 4) is 0 Å². The minimum absolute atomic E-state index is 0.109. The van der Waals surface area contributed by atoms with Crippen molar-refractivity contribution in [2.24, 2.45) is 0 Å². The van der Waals surface area contributed by atoms with Gasteiger partial charge in [-0.3, -0.25) is 0 Å². The number of ether oxygens (including phenoxy) is 1. The number of carbonyl (C=O) groups is 1. The third kappa shape index (κ3) is 5.31. The predicted molar refractivity (Wildman–Crippen MR) is 101 cm³/mol. The van der Waals surface area contributed by atoms with Gasteiger partial charge in [-0.15, -0.1) is 0 Å². The Hall–Kier alpha value is -1.40. The van der Waals surface area contributed by atoms with Crippen molar-refractivity contribution in [2.45, 2.75) is 71.9 Å². The molecule has 0 bridgehead atoms. The monoisotopic (exact) mass is 352 g/mol. The van der Waals surface area contributed by atoms with E-state index in [1.165, 1.54) is 0 Å². The van der Waals surface area contributed by atoms with Gasteiger partial charge in [0.25, 0.3) is 0 Å². The van der Waals surface area contributed by atoms with Gasteiger partial charge < -0.3 is 14.5 Å². The van der Waals surface area contributed by atoms with E-state index >= 15 is 0 Å². The zero-order valence-electron chi connectivity index (χ0n) is 16.5. The van der Waals surface area contributed by atoms with Crippen LogP contribution in [-0.2, 0) is 15.8 Å². The molecule has 1 aromatic rings. The van der Waals surface area contributed by atoms with Gasteiger partial charge >= 0.3 is 5.97 Å². The summed E-state index contributed by atoms with van der Waals surface area (Å²) in [4.78, 5) is 16.9. The highest BCUT2D eigenvalue weighted by Gasteiger charge is 2.37. The van der Waals surface area contributed by atoms with E-state index in [0.717, 1.165) is 5.56 Å². The number of esters is 1. The van der Waals surface area contributed by atoms with Crippen molar-refractivity contribution in [1.82, 2.24) is 4.98 Å². The van der Waals surface area contributed by atoms with Gasteiger partial charge in [-0.2, -0.15) is 0 Å². The Balaban J connectivity index is 3.14. The molecule has 0 saturated heterocycles. The third-order valence-corrected chi connectivity index (χ3v) is 8.75. The summed E-state index contributed by atoms with van der Waals surface area (Å²) in [6.45, 7) is 16.9. The van der Waals surface area contributed by atoms with Crippen molar-refractivity contribution in [2.75, 3.05) is 12.4 Å². The highest BCUT2D eigenvalue weighted by molar-refractivity contribution is 6.74. The number of anilines is 1. The number of aromatic nitrogens is 1. The summed E-state index contributed by atoms with van der Waals surface area (Å²) in [6.07, 6.45) is 1.68. The van der Waals surface area contributed by atoms with E-state index in [1.807, 2.05) is 26.8 Å². The van der Waals surface area contributed by atoms with Gasteiger partial charge in [-0.25, -0.2) is 9.78 Å². The normalized spacial score (nSPS) is 12.9.